The Kier molecular flexibility index (Phi) is 5.31. The molecule has 0 atom stereocenters. The molecule has 1 aliphatic heterocycles. The molecule has 0 saturated heterocycles. The number of rotatable bonds is 3. The fourth-order valence-corrected chi connectivity index (χ4v) is 5.06. The first kappa shape index (κ1) is 22.9. The van der Waals surface area contributed by atoms with Crippen molar-refractivity contribution in [1.29, 1.82) is 0 Å². The van der Waals surface area contributed by atoms with Crippen LogP contribution in [0.1, 0.15) is 16.7 Å². The molecule has 1 aliphatic rings. The summed E-state index contributed by atoms with van der Waals surface area (Å²) in [6, 6.07) is 13.8. The summed E-state index contributed by atoms with van der Waals surface area (Å²) in [5.74, 6) is -0.783. The van der Waals surface area contributed by atoms with Gasteiger partial charge in [-0.25, -0.2) is 4.98 Å². The van der Waals surface area contributed by atoms with Crippen molar-refractivity contribution < 1.29 is 27.4 Å². The van der Waals surface area contributed by atoms with E-state index in [1.54, 1.807) is 18.2 Å². The first-order chi connectivity index (χ1) is 16.6. The zero-order valence-electron chi connectivity index (χ0n) is 17.7. The van der Waals surface area contributed by atoms with Crippen LogP contribution in [0.3, 0.4) is 0 Å². The molecule has 0 saturated carbocycles. The van der Waals surface area contributed by atoms with Crippen LogP contribution in [0, 0.1) is 0 Å². The lowest BCUT2D eigenvalue weighted by Crippen LogP contribution is -2.32. The van der Waals surface area contributed by atoms with E-state index in [1.807, 2.05) is 0 Å². The molecule has 0 aliphatic carbocycles. The molecule has 8 nitrogen and oxygen atoms in total. The van der Waals surface area contributed by atoms with Crippen molar-refractivity contribution in [2.45, 2.75) is 17.6 Å². The van der Waals surface area contributed by atoms with Gasteiger partial charge in [0.1, 0.15) is 21.9 Å². The van der Waals surface area contributed by atoms with Crippen LogP contribution in [0.25, 0.3) is 11.0 Å². The molecule has 5 rings (SSSR count). The van der Waals surface area contributed by atoms with Crippen molar-refractivity contribution in [3.63, 3.8) is 0 Å². The third kappa shape index (κ3) is 4.01. The monoisotopic (exact) mass is 502 g/mol. The van der Waals surface area contributed by atoms with Crippen molar-refractivity contribution in [1.82, 2.24) is 9.55 Å². The number of para-hydroxylation sites is 1. The van der Waals surface area contributed by atoms with E-state index < -0.39 is 33.8 Å². The van der Waals surface area contributed by atoms with Gasteiger partial charge in [-0.1, -0.05) is 35.0 Å². The average molecular weight is 502 g/mol. The molecule has 180 valence electrons. The molecular formula is C23H17F3N4O4S. The Bertz CT molecular complexity index is 1570. The zero-order valence-corrected chi connectivity index (χ0v) is 18.5. The normalized spacial score (nSPS) is 15.7. The highest BCUT2D eigenvalue weighted by atomic mass is 32.3. The lowest BCUT2D eigenvalue weighted by Gasteiger charge is -2.34. The lowest BCUT2D eigenvalue weighted by molar-refractivity contribution is -0.137. The molecule has 2 aromatic heterocycles. The van der Waals surface area contributed by atoms with Gasteiger partial charge in [0, 0.05) is 6.20 Å². The van der Waals surface area contributed by atoms with Crippen LogP contribution in [0.4, 0.5) is 18.9 Å². The van der Waals surface area contributed by atoms with Gasteiger partial charge in [0.05, 0.1) is 23.2 Å². The Morgan fingerprint density at radius 3 is 2.57 bits per heavy atom. The minimum absolute atomic E-state index is 0.0413. The predicted octanol–water partition coefficient (Wildman–Crippen LogP) is 5.07. The summed E-state index contributed by atoms with van der Waals surface area (Å²) >= 11 is 0. The second kappa shape index (κ2) is 8.12. The van der Waals surface area contributed by atoms with Gasteiger partial charge in [-0.2, -0.15) is 13.2 Å². The number of alkyl halides is 3. The number of amidine groups is 1. The number of anilines is 1. The van der Waals surface area contributed by atoms with E-state index in [2.05, 4.69) is 14.7 Å². The molecule has 3 heterocycles. The van der Waals surface area contributed by atoms with Gasteiger partial charge in [0.2, 0.25) is 0 Å². The van der Waals surface area contributed by atoms with Gasteiger partial charge in [-0.05, 0) is 42.0 Å². The van der Waals surface area contributed by atoms with E-state index in [0.717, 1.165) is 16.7 Å². The second-order valence-electron chi connectivity index (χ2n) is 7.77. The van der Waals surface area contributed by atoms with Gasteiger partial charge in [-0.15, -0.1) is 4.40 Å². The second-order valence-corrected chi connectivity index (χ2v) is 9.43. The van der Waals surface area contributed by atoms with E-state index in [0.29, 0.717) is 0 Å². The van der Waals surface area contributed by atoms with Crippen molar-refractivity contribution in [3.8, 4) is 5.75 Å². The smallest absolute Gasteiger partial charge is 0.416 e. The quantitative estimate of drug-likeness (QED) is 0.311. The number of fused-ring (bicyclic) bond motifs is 2. The van der Waals surface area contributed by atoms with Crippen LogP contribution in [0.15, 0.2) is 80.9 Å². The summed E-state index contributed by atoms with van der Waals surface area (Å²) in [4.78, 5) is 17.8. The summed E-state index contributed by atoms with van der Waals surface area (Å²) in [5, 5.41) is 13.9. The number of hydrogen-bond donors (Lipinski definition) is 4. The Balaban J connectivity index is 1.71. The van der Waals surface area contributed by atoms with Crippen LogP contribution in [-0.4, -0.2) is 29.6 Å². The number of hydrogen-bond acceptors (Lipinski definition) is 7. The standard InChI is InChI=1S/C23H17F3N4O4S/c24-23(25,26)14-6-3-5-13(11-14)12-30-21-15(7-4-10-27-21)19(31)18(22(30)32)20-28-16-8-1-2-9-17(16)35(33,34)29-20/h1-11,31,33-34H,12H2,(H,28,29). The van der Waals surface area contributed by atoms with Crippen molar-refractivity contribution in [2.24, 2.45) is 4.40 Å². The van der Waals surface area contributed by atoms with Crippen molar-refractivity contribution in [2.75, 3.05) is 5.32 Å². The summed E-state index contributed by atoms with van der Waals surface area (Å²) < 4.78 is 65.8. The van der Waals surface area contributed by atoms with Gasteiger partial charge >= 0.3 is 6.18 Å². The molecule has 2 aromatic carbocycles. The number of halogens is 3. The Labute approximate surface area is 197 Å². The van der Waals surface area contributed by atoms with Crippen molar-refractivity contribution in [3.05, 3.63) is 93.9 Å². The van der Waals surface area contributed by atoms with Gasteiger partial charge < -0.3 is 10.4 Å². The molecule has 0 fully saturated rings. The van der Waals surface area contributed by atoms with E-state index in [-0.39, 0.29) is 45.1 Å². The highest BCUT2D eigenvalue weighted by Crippen LogP contribution is 2.55. The number of nitrogens with zero attached hydrogens (tertiary/aromatic N) is 3. The molecule has 4 N–H and O–H groups in total. The van der Waals surface area contributed by atoms with E-state index in [4.69, 9.17) is 0 Å². The molecule has 4 aromatic rings. The zero-order chi connectivity index (χ0) is 25.0. The maximum Gasteiger partial charge on any atom is 0.416 e. The molecule has 0 amide bonds. The number of nitrogens with one attached hydrogen (secondary N) is 1. The third-order valence-corrected chi connectivity index (χ3v) is 6.86. The first-order valence-corrected chi connectivity index (χ1v) is 11.7. The minimum Gasteiger partial charge on any atom is -0.506 e. The highest BCUT2D eigenvalue weighted by Gasteiger charge is 2.32. The van der Waals surface area contributed by atoms with Crippen LogP contribution in [0.5, 0.6) is 5.75 Å². The van der Waals surface area contributed by atoms with E-state index in [1.165, 1.54) is 36.5 Å². The molecule has 12 heteroatoms. The fourth-order valence-electron chi connectivity index (χ4n) is 3.90. The van der Waals surface area contributed by atoms with Crippen LogP contribution in [0.2, 0.25) is 0 Å². The topological polar surface area (TPSA) is 120 Å². The van der Waals surface area contributed by atoms with E-state index in [9.17, 15) is 32.2 Å². The van der Waals surface area contributed by atoms with Crippen LogP contribution in [-0.2, 0) is 12.7 Å². The summed E-state index contributed by atoms with van der Waals surface area (Å²) in [5.41, 5.74) is -1.56. The number of pyridine rings is 2. The van der Waals surface area contributed by atoms with Crippen LogP contribution < -0.4 is 10.9 Å². The number of aromatic hydroxyl groups is 1. The van der Waals surface area contributed by atoms with E-state index >= 15 is 0 Å². The summed E-state index contributed by atoms with van der Waals surface area (Å²) in [7, 11) is -3.69. The molecule has 35 heavy (non-hydrogen) atoms. The maximum absolute atomic E-state index is 13.6. The Morgan fingerprint density at radius 2 is 1.80 bits per heavy atom. The first-order valence-electron chi connectivity index (χ1n) is 10.2. The fraction of sp³-hybridized carbons (Fsp3) is 0.0870. The number of benzene rings is 2. The average Bonchev–Trinajstić information content (AvgIpc) is 2.81. The highest BCUT2D eigenvalue weighted by molar-refractivity contribution is 8.23. The minimum atomic E-state index is -4.57. The maximum atomic E-state index is 13.6. The molecular weight excluding hydrogens is 485 g/mol. The largest absolute Gasteiger partial charge is 0.506 e. The summed E-state index contributed by atoms with van der Waals surface area (Å²) in [6.07, 6.45) is -3.18. The Morgan fingerprint density at radius 1 is 1.03 bits per heavy atom. The lowest BCUT2D eigenvalue weighted by atomic mass is 10.1. The number of aromatic nitrogens is 2. The predicted molar refractivity (Wildman–Crippen MR) is 126 cm³/mol. The molecule has 0 unspecified atom stereocenters. The van der Waals surface area contributed by atoms with Crippen LogP contribution >= 0.6 is 10.8 Å². The van der Waals surface area contributed by atoms with Gasteiger partial charge in [0.25, 0.3) is 5.56 Å². The van der Waals surface area contributed by atoms with Gasteiger partial charge in [0.15, 0.2) is 5.84 Å². The Hall–Kier alpha value is -3.87. The SMILES string of the molecule is O=c1c(C2=NS(O)(O)c3ccccc3N2)c(O)c2cccnc2n1Cc1cccc(C(F)(F)F)c1. The molecule has 0 bridgehead atoms. The molecule has 0 radical (unpaired) electrons. The molecule has 0 spiro atoms. The van der Waals surface area contributed by atoms with Crippen molar-refractivity contribution >= 4 is 33.3 Å². The summed E-state index contributed by atoms with van der Waals surface area (Å²) in [6.45, 7) is -0.288. The van der Waals surface area contributed by atoms with Gasteiger partial charge in [-0.3, -0.25) is 18.5 Å². The third-order valence-electron chi connectivity index (χ3n) is 5.48.